The molecule has 0 N–H and O–H groups in total. The van der Waals surface area contributed by atoms with Crippen LogP contribution in [-0.4, -0.2) is 23.8 Å². The zero-order valence-electron chi connectivity index (χ0n) is 20.6. The van der Waals surface area contributed by atoms with E-state index in [4.69, 9.17) is 9.47 Å². The van der Waals surface area contributed by atoms with Crippen LogP contribution in [0.1, 0.15) is 31.0 Å². The Morgan fingerprint density at radius 1 is 1.11 bits per heavy atom. The van der Waals surface area contributed by atoms with Gasteiger partial charge in [0, 0.05) is 0 Å². The Kier molecular flexibility index (Phi) is 6.88. The summed E-state index contributed by atoms with van der Waals surface area (Å²) in [5.41, 5.74) is 2.40. The van der Waals surface area contributed by atoms with Crippen molar-refractivity contribution in [3.8, 4) is 5.75 Å². The first-order chi connectivity index (χ1) is 18.0. The number of benzene rings is 3. The minimum atomic E-state index is -0.668. The standard InChI is InChI=1S/C30H26N2O4S/c1-4-17-36-23-15-13-21(14-16-23)27-26(29(34)35-5-2)19(3)31-30-32(27)28(33)25(37-30)18-22-11-8-10-20-9-6-7-12-24(20)22/h4,6-16,18,27H,1,5,17H2,2-3H3/b25-18-/t27-/m1/s1. The van der Waals surface area contributed by atoms with E-state index in [1.165, 1.54) is 11.3 Å². The molecule has 1 atom stereocenters. The van der Waals surface area contributed by atoms with Gasteiger partial charge in [-0.15, -0.1) is 0 Å². The molecule has 1 aliphatic rings. The maximum absolute atomic E-state index is 13.9. The molecule has 0 amide bonds. The van der Waals surface area contributed by atoms with E-state index in [0.29, 0.717) is 33.0 Å². The van der Waals surface area contributed by atoms with Crippen LogP contribution in [0.3, 0.4) is 0 Å². The second kappa shape index (κ2) is 10.4. The molecule has 0 fully saturated rings. The molecular weight excluding hydrogens is 484 g/mol. The average molecular weight is 511 g/mol. The molecule has 5 rings (SSSR count). The number of carbonyl (C=O) groups is 1. The quantitative estimate of drug-likeness (QED) is 0.271. The molecule has 0 spiro atoms. The summed E-state index contributed by atoms with van der Waals surface area (Å²) in [5, 5.41) is 2.16. The normalized spacial score (nSPS) is 15.3. The van der Waals surface area contributed by atoms with Crippen LogP contribution < -0.4 is 19.6 Å². The number of fused-ring (bicyclic) bond motifs is 2. The molecule has 0 aliphatic carbocycles. The Bertz CT molecular complexity index is 1710. The summed E-state index contributed by atoms with van der Waals surface area (Å²) in [5.74, 6) is 0.189. The predicted octanol–water partition coefficient (Wildman–Crippen LogP) is 4.52. The maximum Gasteiger partial charge on any atom is 0.338 e. The van der Waals surface area contributed by atoms with Crippen molar-refractivity contribution in [3.63, 3.8) is 0 Å². The molecule has 1 aliphatic heterocycles. The topological polar surface area (TPSA) is 69.9 Å². The first-order valence-corrected chi connectivity index (χ1v) is 12.8. The summed E-state index contributed by atoms with van der Waals surface area (Å²) in [6, 6.07) is 20.8. The van der Waals surface area contributed by atoms with Crippen molar-refractivity contribution in [3.05, 3.63) is 121 Å². The lowest BCUT2D eigenvalue weighted by molar-refractivity contribution is -0.139. The van der Waals surface area contributed by atoms with Crippen molar-refractivity contribution in [1.82, 2.24) is 4.57 Å². The van der Waals surface area contributed by atoms with Gasteiger partial charge in [0.1, 0.15) is 12.4 Å². The van der Waals surface area contributed by atoms with Crippen LogP contribution in [0.5, 0.6) is 5.75 Å². The van der Waals surface area contributed by atoms with Crippen LogP contribution in [0.25, 0.3) is 16.8 Å². The van der Waals surface area contributed by atoms with Gasteiger partial charge in [-0.05, 0) is 54.0 Å². The average Bonchev–Trinajstić information content (AvgIpc) is 3.21. The van der Waals surface area contributed by atoms with E-state index in [1.807, 2.05) is 72.8 Å². The van der Waals surface area contributed by atoms with Crippen molar-refractivity contribution in [2.24, 2.45) is 4.99 Å². The zero-order valence-corrected chi connectivity index (χ0v) is 21.5. The summed E-state index contributed by atoms with van der Waals surface area (Å²) in [6.07, 6.45) is 3.57. The largest absolute Gasteiger partial charge is 0.490 e. The Morgan fingerprint density at radius 3 is 2.62 bits per heavy atom. The van der Waals surface area contributed by atoms with Crippen molar-refractivity contribution >= 4 is 34.2 Å². The molecule has 6 nitrogen and oxygen atoms in total. The first kappa shape index (κ1) is 24.5. The Morgan fingerprint density at radius 2 is 1.86 bits per heavy atom. The number of hydrogen-bond donors (Lipinski definition) is 0. The van der Waals surface area contributed by atoms with E-state index in [2.05, 4.69) is 11.6 Å². The van der Waals surface area contributed by atoms with Gasteiger partial charge >= 0.3 is 5.97 Å². The van der Waals surface area contributed by atoms with Crippen molar-refractivity contribution in [1.29, 1.82) is 0 Å². The van der Waals surface area contributed by atoms with E-state index in [0.717, 1.165) is 21.9 Å². The van der Waals surface area contributed by atoms with Crippen molar-refractivity contribution in [2.45, 2.75) is 19.9 Å². The van der Waals surface area contributed by atoms with Gasteiger partial charge in [-0.1, -0.05) is 78.6 Å². The lowest BCUT2D eigenvalue weighted by Gasteiger charge is -2.24. The van der Waals surface area contributed by atoms with E-state index in [9.17, 15) is 9.59 Å². The van der Waals surface area contributed by atoms with Gasteiger partial charge in [-0.2, -0.15) is 0 Å². The van der Waals surface area contributed by atoms with Gasteiger partial charge in [-0.25, -0.2) is 9.79 Å². The lowest BCUT2D eigenvalue weighted by Crippen LogP contribution is -2.39. The maximum atomic E-state index is 13.9. The number of ether oxygens (including phenoxy) is 2. The van der Waals surface area contributed by atoms with Gasteiger partial charge in [0.25, 0.3) is 5.56 Å². The highest BCUT2D eigenvalue weighted by Crippen LogP contribution is 2.31. The first-order valence-electron chi connectivity index (χ1n) is 12.0. The molecule has 0 bridgehead atoms. The molecule has 4 aromatic rings. The summed E-state index contributed by atoms with van der Waals surface area (Å²) in [4.78, 5) is 32.1. The van der Waals surface area contributed by atoms with Crippen molar-refractivity contribution in [2.75, 3.05) is 13.2 Å². The molecule has 0 radical (unpaired) electrons. The number of thiazole rings is 1. The second-order valence-corrected chi connectivity index (χ2v) is 9.55. The predicted molar refractivity (Wildman–Crippen MR) is 146 cm³/mol. The number of carbonyl (C=O) groups excluding carboxylic acids is 1. The highest BCUT2D eigenvalue weighted by atomic mass is 32.1. The summed E-state index contributed by atoms with van der Waals surface area (Å²) in [6.45, 7) is 7.82. The molecule has 37 heavy (non-hydrogen) atoms. The van der Waals surface area contributed by atoms with Gasteiger partial charge in [0.05, 0.1) is 28.5 Å². The highest BCUT2D eigenvalue weighted by molar-refractivity contribution is 7.07. The fraction of sp³-hybridized carbons (Fsp3) is 0.167. The van der Waals surface area contributed by atoms with Crippen LogP contribution in [0.4, 0.5) is 0 Å². The lowest BCUT2D eigenvalue weighted by atomic mass is 9.96. The van der Waals surface area contributed by atoms with Crippen molar-refractivity contribution < 1.29 is 14.3 Å². The zero-order chi connectivity index (χ0) is 25.9. The smallest absolute Gasteiger partial charge is 0.338 e. The third-order valence-corrected chi connectivity index (χ3v) is 7.17. The molecule has 1 aromatic heterocycles. The van der Waals surface area contributed by atoms with Gasteiger partial charge in [-0.3, -0.25) is 9.36 Å². The van der Waals surface area contributed by atoms with Gasteiger partial charge < -0.3 is 9.47 Å². The Labute approximate surface area is 218 Å². The third-order valence-electron chi connectivity index (χ3n) is 6.19. The number of esters is 1. The van der Waals surface area contributed by atoms with Gasteiger partial charge in [0.2, 0.25) is 0 Å². The van der Waals surface area contributed by atoms with Crippen LogP contribution >= 0.6 is 11.3 Å². The number of allylic oxidation sites excluding steroid dienone is 1. The molecule has 0 saturated carbocycles. The summed E-state index contributed by atoms with van der Waals surface area (Å²) < 4.78 is 13.1. The SMILES string of the molecule is C=CCOc1ccc([C@@H]2C(C(=O)OCC)=C(C)N=c3s/c(=C\c4cccc5ccccc45)c(=O)n32)cc1. The Balaban J connectivity index is 1.69. The van der Waals surface area contributed by atoms with E-state index in [-0.39, 0.29) is 12.2 Å². The number of aromatic nitrogens is 1. The minimum Gasteiger partial charge on any atom is -0.490 e. The molecule has 0 saturated heterocycles. The van der Waals surface area contributed by atoms with Crippen LogP contribution in [0.2, 0.25) is 0 Å². The summed E-state index contributed by atoms with van der Waals surface area (Å²) >= 11 is 1.32. The fourth-order valence-electron chi connectivity index (χ4n) is 4.53. The number of hydrogen-bond acceptors (Lipinski definition) is 6. The Hall–Kier alpha value is -4.23. The van der Waals surface area contributed by atoms with E-state index < -0.39 is 12.0 Å². The molecule has 7 heteroatoms. The fourth-order valence-corrected chi connectivity index (χ4v) is 5.56. The van der Waals surface area contributed by atoms with Crippen LogP contribution in [0, 0.1) is 0 Å². The van der Waals surface area contributed by atoms with Gasteiger partial charge in [0.15, 0.2) is 4.80 Å². The highest BCUT2D eigenvalue weighted by Gasteiger charge is 2.33. The van der Waals surface area contributed by atoms with Crippen LogP contribution in [-0.2, 0) is 9.53 Å². The minimum absolute atomic E-state index is 0.206. The van der Waals surface area contributed by atoms with E-state index >= 15 is 0 Å². The number of nitrogens with zero attached hydrogens (tertiary/aromatic N) is 2. The number of rotatable bonds is 7. The molecule has 186 valence electrons. The van der Waals surface area contributed by atoms with Crippen LogP contribution in [0.15, 0.2) is 100 Å². The molecular formula is C30H26N2O4S. The molecule has 0 unspecified atom stereocenters. The molecule has 2 heterocycles. The summed E-state index contributed by atoms with van der Waals surface area (Å²) in [7, 11) is 0. The third kappa shape index (κ3) is 4.66. The monoisotopic (exact) mass is 510 g/mol. The second-order valence-electron chi connectivity index (χ2n) is 8.54. The molecule has 3 aromatic carbocycles. The van der Waals surface area contributed by atoms with E-state index in [1.54, 1.807) is 24.5 Å².